The number of carbonyl (C=O) groups is 1. The number of nitrogens with one attached hydrogen (secondary N) is 1. The molecule has 1 amide bonds. The van der Waals surface area contributed by atoms with Crippen LogP contribution in [-0.4, -0.2) is 5.91 Å². The van der Waals surface area contributed by atoms with E-state index in [-0.39, 0.29) is 11.7 Å². The fourth-order valence-corrected chi connectivity index (χ4v) is 2.95. The standard InChI is InChI=1S/C17H10BrCl2NO2/c18-10-2-1-3-12(8-10)21-17(22)16-7-6-15(23-16)13-5-4-11(19)9-14(13)20/h1-9H,(H,21,22). The van der Waals surface area contributed by atoms with Gasteiger partial charge in [0, 0.05) is 20.7 Å². The van der Waals surface area contributed by atoms with Gasteiger partial charge < -0.3 is 9.73 Å². The van der Waals surface area contributed by atoms with Gasteiger partial charge in [0.2, 0.25) is 0 Å². The maximum absolute atomic E-state index is 12.2. The number of benzene rings is 2. The van der Waals surface area contributed by atoms with Gasteiger partial charge in [0.25, 0.3) is 5.91 Å². The lowest BCUT2D eigenvalue weighted by Crippen LogP contribution is -2.10. The smallest absolute Gasteiger partial charge is 0.291 e. The second-order valence-electron chi connectivity index (χ2n) is 4.75. The van der Waals surface area contributed by atoms with Gasteiger partial charge in [-0.15, -0.1) is 0 Å². The van der Waals surface area contributed by atoms with Crippen LogP contribution in [0.25, 0.3) is 11.3 Å². The molecule has 0 saturated carbocycles. The number of halogens is 3. The molecule has 2 aromatic carbocycles. The predicted molar refractivity (Wildman–Crippen MR) is 96.3 cm³/mol. The third kappa shape index (κ3) is 3.78. The van der Waals surface area contributed by atoms with Gasteiger partial charge in [-0.3, -0.25) is 4.79 Å². The maximum Gasteiger partial charge on any atom is 0.291 e. The van der Waals surface area contributed by atoms with E-state index in [2.05, 4.69) is 21.2 Å². The minimum Gasteiger partial charge on any atom is -0.451 e. The first kappa shape index (κ1) is 16.1. The molecule has 1 aromatic heterocycles. The lowest BCUT2D eigenvalue weighted by atomic mass is 10.2. The van der Waals surface area contributed by atoms with Gasteiger partial charge in [-0.25, -0.2) is 0 Å². The van der Waals surface area contributed by atoms with E-state index in [1.165, 1.54) is 0 Å². The van der Waals surface area contributed by atoms with Crippen molar-refractivity contribution >= 4 is 50.7 Å². The second kappa shape index (κ2) is 6.79. The normalized spacial score (nSPS) is 10.6. The number of rotatable bonds is 3. The Labute approximate surface area is 151 Å². The molecule has 23 heavy (non-hydrogen) atoms. The van der Waals surface area contributed by atoms with Crippen LogP contribution in [0.2, 0.25) is 10.0 Å². The van der Waals surface area contributed by atoms with Crippen molar-refractivity contribution in [3.63, 3.8) is 0 Å². The number of carbonyl (C=O) groups excluding carboxylic acids is 1. The molecule has 3 aromatic rings. The van der Waals surface area contributed by atoms with E-state index in [0.29, 0.717) is 27.1 Å². The summed E-state index contributed by atoms with van der Waals surface area (Å²) >= 11 is 15.4. The molecule has 0 unspecified atom stereocenters. The van der Waals surface area contributed by atoms with E-state index < -0.39 is 0 Å². The molecule has 0 fully saturated rings. The first-order valence-electron chi connectivity index (χ1n) is 6.65. The molecule has 6 heteroatoms. The van der Waals surface area contributed by atoms with E-state index in [0.717, 1.165) is 4.47 Å². The molecule has 1 heterocycles. The van der Waals surface area contributed by atoms with Gasteiger partial charge in [-0.2, -0.15) is 0 Å². The Hall–Kier alpha value is -1.75. The Morgan fingerprint density at radius 2 is 1.87 bits per heavy atom. The summed E-state index contributed by atoms with van der Waals surface area (Å²) in [5.41, 5.74) is 1.35. The van der Waals surface area contributed by atoms with Gasteiger partial charge in [0.15, 0.2) is 5.76 Å². The molecule has 0 saturated heterocycles. The monoisotopic (exact) mass is 409 g/mol. The van der Waals surface area contributed by atoms with E-state index in [4.69, 9.17) is 27.6 Å². The summed E-state index contributed by atoms with van der Waals surface area (Å²) in [6.07, 6.45) is 0. The Morgan fingerprint density at radius 3 is 2.61 bits per heavy atom. The van der Waals surface area contributed by atoms with Crippen LogP contribution in [0, 0.1) is 0 Å². The van der Waals surface area contributed by atoms with Gasteiger partial charge in [-0.05, 0) is 48.5 Å². The van der Waals surface area contributed by atoms with Crippen molar-refractivity contribution < 1.29 is 9.21 Å². The lowest BCUT2D eigenvalue weighted by Gasteiger charge is -2.04. The maximum atomic E-state index is 12.2. The summed E-state index contributed by atoms with van der Waals surface area (Å²) in [5.74, 6) is 0.372. The molecule has 0 aliphatic rings. The molecule has 3 rings (SSSR count). The van der Waals surface area contributed by atoms with Crippen molar-refractivity contribution in [2.75, 3.05) is 5.32 Å². The van der Waals surface area contributed by atoms with Crippen molar-refractivity contribution in [3.8, 4) is 11.3 Å². The summed E-state index contributed by atoms with van der Waals surface area (Å²) in [6, 6.07) is 15.7. The second-order valence-corrected chi connectivity index (χ2v) is 6.51. The average molecular weight is 411 g/mol. The topological polar surface area (TPSA) is 42.2 Å². The van der Waals surface area contributed by atoms with Crippen molar-refractivity contribution in [2.45, 2.75) is 0 Å². The van der Waals surface area contributed by atoms with E-state index >= 15 is 0 Å². The first-order chi connectivity index (χ1) is 11.0. The Morgan fingerprint density at radius 1 is 1.04 bits per heavy atom. The highest BCUT2D eigenvalue weighted by Crippen LogP contribution is 2.31. The highest BCUT2D eigenvalue weighted by atomic mass is 79.9. The number of furan rings is 1. The van der Waals surface area contributed by atoms with Crippen LogP contribution in [0.1, 0.15) is 10.6 Å². The van der Waals surface area contributed by atoms with E-state index in [1.54, 1.807) is 42.5 Å². The largest absolute Gasteiger partial charge is 0.451 e. The number of anilines is 1. The summed E-state index contributed by atoms with van der Waals surface area (Å²) < 4.78 is 6.48. The Balaban J connectivity index is 1.82. The fraction of sp³-hybridized carbons (Fsp3) is 0. The van der Waals surface area contributed by atoms with E-state index in [9.17, 15) is 4.79 Å². The zero-order valence-corrected chi connectivity index (χ0v) is 14.7. The SMILES string of the molecule is O=C(Nc1cccc(Br)c1)c1ccc(-c2ccc(Cl)cc2Cl)o1. The van der Waals surface area contributed by atoms with Crippen LogP contribution >= 0.6 is 39.1 Å². The summed E-state index contributed by atoms with van der Waals surface area (Å²) in [4.78, 5) is 12.2. The molecule has 1 N–H and O–H groups in total. The molecule has 0 aliphatic carbocycles. The van der Waals surface area contributed by atoms with Crippen LogP contribution in [0.3, 0.4) is 0 Å². The summed E-state index contributed by atoms with van der Waals surface area (Å²) in [5, 5.41) is 3.77. The number of hydrogen-bond donors (Lipinski definition) is 1. The third-order valence-corrected chi connectivity index (χ3v) is 4.15. The summed E-state index contributed by atoms with van der Waals surface area (Å²) in [6.45, 7) is 0. The quantitative estimate of drug-likeness (QED) is 0.552. The van der Waals surface area contributed by atoms with E-state index in [1.807, 2.05) is 12.1 Å². The van der Waals surface area contributed by atoms with Crippen molar-refractivity contribution in [1.82, 2.24) is 0 Å². The summed E-state index contributed by atoms with van der Waals surface area (Å²) in [7, 11) is 0. The highest BCUT2D eigenvalue weighted by molar-refractivity contribution is 9.10. The molecular formula is C17H10BrCl2NO2. The fourth-order valence-electron chi connectivity index (χ4n) is 2.05. The van der Waals surface area contributed by atoms with Crippen LogP contribution in [-0.2, 0) is 0 Å². The molecule has 3 nitrogen and oxygen atoms in total. The zero-order valence-electron chi connectivity index (χ0n) is 11.6. The molecule has 0 radical (unpaired) electrons. The average Bonchev–Trinajstić information content (AvgIpc) is 2.97. The molecular weight excluding hydrogens is 401 g/mol. The van der Waals surface area contributed by atoms with Crippen molar-refractivity contribution in [3.05, 3.63) is 74.9 Å². The van der Waals surface area contributed by atoms with Gasteiger partial charge in [0.1, 0.15) is 5.76 Å². The van der Waals surface area contributed by atoms with Crippen LogP contribution in [0.5, 0.6) is 0 Å². The molecule has 0 spiro atoms. The molecule has 0 aliphatic heterocycles. The first-order valence-corrected chi connectivity index (χ1v) is 8.20. The van der Waals surface area contributed by atoms with Gasteiger partial charge in [0.05, 0.1) is 5.02 Å². The third-order valence-electron chi connectivity index (χ3n) is 3.11. The molecule has 0 atom stereocenters. The molecule has 0 bridgehead atoms. The minimum absolute atomic E-state index is 0.200. The van der Waals surface area contributed by atoms with Gasteiger partial charge >= 0.3 is 0 Å². The zero-order chi connectivity index (χ0) is 16.4. The number of amides is 1. The molecule has 116 valence electrons. The van der Waals surface area contributed by atoms with Crippen LogP contribution in [0.15, 0.2) is 63.5 Å². The van der Waals surface area contributed by atoms with Crippen LogP contribution in [0.4, 0.5) is 5.69 Å². The highest BCUT2D eigenvalue weighted by Gasteiger charge is 2.14. The van der Waals surface area contributed by atoms with Crippen molar-refractivity contribution in [2.24, 2.45) is 0 Å². The predicted octanol–water partition coefficient (Wildman–Crippen LogP) is 6.27. The number of hydrogen-bond acceptors (Lipinski definition) is 2. The lowest BCUT2D eigenvalue weighted by molar-refractivity contribution is 0.0997. The Kier molecular flexibility index (Phi) is 4.76. The Bertz CT molecular complexity index is 877. The van der Waals surface area contributed by atoms with Gasteiger partial charge in [-0.1, -0.05) is 45.2 Å². The minimum atomic E-state index is -0.334. The van der Waals surface area contributed by atoms with Crippen LogP contribution < -0.4 is 5.32 Å². The van der Waals surface area contributed by atoms with Crippen molar-refractivity contribution in [1.29, 1.82) is 0 Å².